The molecule has 8 heteroatoms. The summed E-state index contributed by atoms with van der Waals surface area (Å²) in [6, 6.07) is 0.659. The van der Waals surface area contributed by atoms with Gasteiger partial charge < -0.3 is 13.3 Å². The summed E-state index contributed by atoms with van der Waals surface area (Å²) in [5.74, 6) is 0. The van der Waals surface area contributed by atoms with Crippen LogP contribution in [-0.2, 0) is 22.9 Å². The highest BCUT2D eigenvalue weighted by Gasteiger charge is 2.40. The van der Waals surface area contributed by atoms with Crippen LogP contribution in [0.4, 0.5) is 0 Å². The highest BCUT2D eigenvalue weighted by atomic mass is 28.4. The third kappa shape index (κ3) is 13.8. The molecule has 7 nitrogen and oxygen atoms in total. The molecule has 144 valence electrons. The molecule has 0 N–H and O–H groups in total. The number of unbranched alkanes of at least 4 members (excludes halogenated alkanes) is 3. The molecule has 0 spiro atoms. The summed E-state index contributed by atoms with van der Waals surface area (Å²) in [6.07, 6.45) is 9.41. The molecule has 0 heterocycles. The van der Waals surface area contributed by atoms with E-state index in [1.807, 2.05) is 0 Å². The molecule has 0 unspecified atom stereocenters. The van der Waals surface area contributed by atoms with Crippen molar-refractivity contribution in [3.63, 3.8) is 0 Å². The predicted octanol–water partition coefficient (Wildman–Crippen LogP) is 3.42. The Morgan fingerprint density at radius 1 is 0.720 bits per heavy atom. The Morgan fingerprint density at radius 2 is 1.24 bits per heavy atom. The largest absolute Gasteiger partial charge is 0.501 e. The number of carbonyl (C=O) groups excluding carboxylic acids is 2. The first-order valence-corrected chi connectivity index (χ1v) is 11.2. The maximum absolute atomic E-state index is 10.2. The molecule has 25 heavy (non-hydrogen) atoms. The van der Waals surface area contributed by atoms with Gasteiger partial charge >= 0.3 is 8.80 Å². The second-order valence-corrected chi connectivity index (χ2v) is 8.42. The summed E-state index contributed by atoms with van der Waals surface area (Å²) in [6.45, 7) is 6.87. The van der Waals surface area contributed by atoms with Crippen molar-refractivity contribution < 1.29 is 22.9 Å². The van der Waals surface area contributed by atoms with Gasteiger partial charge in [-0.15, -0.1) is 0 Å². The Hall–Kier alpha value is -1.14. The van der Waals surface area contributed by atoms with Gasteiger partial charge in [0.25, 0.3) is 0 Å². The van der Waals surface area contributed by atoms with Crippen molar-refractivity contribution in [1.82, 2.24) is 0 Å². The Balaban J connectivity index is 4.39. The fourth-order valence-electron chi connectivity index (χ4n) is 2.20. The van der Waals surface area contributed by atoms with Crippen LogP contribution in [-0.4, -0.2) is 53.9 Å². The fourth-order valence-corrected chi connectivity index (χ4v) is 4.96. The van der Waals surface area contributed by atoms with E-state index in [1.54, 1.807) is 12.2 Å². The molecule has 0 aliphatic carbocycles. The summed E-state index contributed by atoms with van der Waals surface area (Å²) in [5, 5.41) is 0. The van der Waals surface area contributed by atoms with Crippen molar-refractivity contribution in [3.05, 3.63) is 0 Å². The van der Waals surface area contributed by atoms with Gasteiger partial charge in [0.1, 0.15) is 0 Å². The van der Waals surface area contributed by atoms with Crippen LogP contribution in [0.1, 0.15) is 58.8 Å². The third-order valence-electron chi connectivity index (χ3n) is 3.42. The van der Waals surface area contributed by atoms with E-state index in [-0.39, 0.29) is 0 Å². The van der Waals surface area contributed by atoms with Crippen molar-refractivity contribution >= 4 is 21.0 Å². The highest BCUT2D eigenvalue weighted by Crippen LogP contribution is 2.20. The van der Waals surface area contributed by atoms with Crippen molar-refractivity contribution in [2.24, 2.45) is 9.98 Å². The third-order valence-corrected chi connectivity index (χ3v) is 6.32. The van der Waals surface area contributed by atoms with Gasteiger partial charge in [-0.2, -0.15) is 0 Å². The van der Waals surface area contributed by atoms with Crippen molar-refractivity contribution in [2.45, 2.75) is 64.8 Å². The van der Waals surface area contributed by atoms with E-state index in [9.17, 15) is 9.59 Å². The summed E-state index contributed by atoms with van der Waals surface area (Å²) >= 11 is 0. The lowest BCUT2D eigenvalue weighted by atomic mass is 10.2. The maximum atomic E-state index is 10.2. The van der Waals surface area contributed by atoms with E-state index >= 15 is 0 Å². The van der Waals surface area contributed by atoms with Crippen LogP contribution in [0.25, 0.3) is 0 Å². The number of hydrogen-bond donors (Lipinski definition) is 0. The standard InChI is InChI=1S/C17H32N2O5Si/c1-3-12-22-25(23-13-4-2,15-9-11-19-17-21)24-14-8-6-5-7-10-18-16-20/h3-15H2,1-2H3. The number of aliphatic imine (C=N–C) groups is 2. The van der Waals surface area contributed by atoms with Crippen LogP contribution >= 0.6 is 0 Å². The predicted molar refractivity (Wildman–Crippen MR) is 98.1 cm³/mol. The summed E-state index contributed by atoms with van der Waals surface area (Å²) in [4.78, 5) is 27.3. The van der Waals surface area contributed by atoms with E-state index < -0.39 is 8.80 Å². The molecule has 0 rings (SSSR count). The van der Waals surface area contributed by atoms with E-state index in [2.05, 4.69) is 23.8 Å². The quantitative estimate of drug-likeness (QED) is 0.159. The van der Waals surface area contributed by atoms with Gasteiger partial charge in [0.2, 0.25) is 12.2 Å². The number of nitrogens with zero attached hydrogens (tertiary/aromatic N) is 2. The molecule has 0 aromatic rings. The van der Waals surface area contributed by atoms with Gasteiger partial charge in [0, 0.05) is 25.9 Å². The molecule has 0 aromatic carbocycles. The van der Waals surface area contributed by atoms with Crippen LogP contribution in [0.2, 0.25) is 6.04 Å². The van der Waals surface area contributed by atoms with Gasteiger partial charge in [-0.25, -0.2) is 19.6 Å². The normalized spacial score (nSPS) is 11.0. The topological polar surface area (TPSA) is 86.6 Å². The summed E-state index contributed by atoms with van der Waals surface area (Å²) in [5.41, 5.74) is 0. The number of isocyanates is 2. The van der Waals surface area contributed by atoms with Crippen LogP contribution < -0.4 is 0 Å². The first-order chi connectivity index (χ1) is 12.2. The van der Waals surface area contributed by atoms with E-state index in [0.29, 0.717) is 45.4 Å². The molecule has 0 bridgehead atoms. The molecule has 0 fully saturated rings. The smallest absolute Gasteiger partial charge is 0.373 e. The lowest BCUT2D eigenvalue weighted by molar-refractivity contribution is 0.0576. The maximum Gasteiger partial charge on any atom is 0.501 e. The second kappa shape index (κ2) is 17.7. The zero-order chi connectivity index (χ0) is 18.6. The highest BCUT2D eigenvalue weighted by molar-refractivity contribution is 6.60. The van der Waals surface area contributed by atoms with Crippen molar-refractivity contribution in [2.75, 3.05) is 32.9 Å². The minimum Gasteiger partial charge on any atom is -0.373 e. The number of rotatable bonds is 18. The minimum absolute atomic E-state index is 0.420. The van der Waals surface area contributed by atoms with Crippen LogP contribution in [0, 0.1) is 0 Å². The van der Waals surface area contributed by atoms with Crippen LogP contribution in [0.15, 0.2) is 9.98 Å². The number of hydrogen-bond acceptors (Lipinski definition) is 7. The average molecular weight is 373 g/mol. The zero-order valence-electron chi connectivity index (χ0n) is 15.6. The van der Waals surface area contributed by atoms with Gasteiger partial charge in [-0.1, -0.05) is 26.7 Å². The lowest BCUT2D eigenvalue weighted by Gasteiger charge is -2.29. The molecule has 0 aliphatic rings. The van der Waals surface area contributed by atoms with E-state index in [0.717, 1.165) is 38.5 Å². The first-order valence-electron chi connectivity index (χ1n) is 9.23. The van der Waals surface area contributed by atoms with Crippen molar-refractivity contribution in [1.29, 1.82) is 0 Å². The molecule has 0 aliphatic heterocycles. The van der Waals surface area contributed by atoms with Gasteiger partial charge in [0.05, 0.1) is 13.1 Å². The fraction of sp³-hybridized carbons (Fsp3) is 0.882. The Labute approximate surface area is 152 Å². The van der Waals surface area contributed by atoms with E-state index in [1.165, 1.54) is 0 Å². The van der Waals surface area contributed by atoms with Crippen LogP contribution in [0.3, 0.4) is 0 Å². The first kappa shape index (κ1) is 23.9. The monoisotopic (exact) mass is 372 g/mol. The Bertz CT molecular complexity index is 402. The van der Waals surface area contributed by atoms with Gasteiger partial charge in [-0.05, 0) is 32.1 Å². The summed E-state index contributed by atoms with van der Waals surface area (Å²) < 4.78 is 18.1. The molecular weight excluding hydrogens is 340 g/mol. The SMILES string of the molecule is CCCO[Si](CCCN=C=O)(OCCC)OCCCCCCN=C=O. The minimum atomic E-state index is -2.73. The lowest BCUT2D eigenvalue weighted by Crippen LogP contribution is -2.46. The average Bonchev–Trinajstić information content (AvgIpc) is 2.63. The molecule has 0 aromatic heterocycles. The summed E-state index contributed by atoms with van der Waals surface area (Å²) in [7, 11) is -2.73. The molecule has 0 amide bonds. The van der Waals surface area contributed by atoms with Crippen LogP contribution in [0.5, 0.6) is 0 Å². The van der Waals surface area contributed by atoms with E-state index in [4.69, 9.17) is 13.3 Å². The molecule has 0 saturated carbocycles. The molecule has 0 atom stereocenters. The zero-order valence-corrected chi connectivity index (χ0v) is 16.6. The molecule has 0 saturated heterocycles. The van der Waals surface area contributed by atoms with Gasteiger partial charge in [0.15, 0.2) is 0 Å². The van der Waals surface area contributed by atoms with Crippen molar-refractivity contribution in [3.8, 4) is 0 Å². The second-order valence-electron chi connectivity index (χ2n) is 5.69. The Morgan fingerprint density at radius 3 is 1.80 bits per heavy atom. The van der Waals surface area contributed by atoms with Gasteiger partial charge in [-0.3, -0.25) is 0 Å². The molecular formula is C17H32N2O5Si. The molecule has 0 radical (unpaired) electrons. The Kier molecular flexibility index (Phi) is 16.9.